The maximum absolute atomic E-state index is 6.15. The van der Waals surface area contributed by atoms with Crippen LogP contribution >= 0.6 is 11.6 Å². The molecule has 1 fully saturated rings. The van der Waals surface area contributed by atoms with Crippen molar-refractivity contribution in [1.82, 2.24) is 4.90 Å². The predicted octanol–water partition coefficient (Wildman–Crippen LogP) is 3.65. The van der Waals surface area contributed by atoms with Crippen LogP contribution in [0.2, 0.25) is 0 Å². The molecule has 0 N–H and O–H groups in total. The minimum Gasteiger partial charge on any atom is -0.367 e. The molecular weight excluding hydrogens is 256 g/mol. The molecule has 2 rings (SSSR count). The largest absolute Gasteiger partial charge is 0.367 e. The molecule has 0 saturated carbocycles. The van der Waals surface area contributed by atoms with Crippen LogP contribution in [0.1, 0.15) is 30.9 Å². The quantitative estimate of drug-likeness (QED) is 0.780. The molecule has 1 aliphatic heterocycles. The molecule has 1 aromatic carbocycles. The fraction of sp³-hybridized carbons (Fsp3) is 0.625. The van der Waals surface area contributed by atoms with Gasteiger partial charge >= 0.3 is 0 Å². The molecule has 0 amide bonds. The maximum atomic E-state index is 6.15. The normalized spacial score (nSPS) is 21.5. The molecule has 0 radical (unpaired) electrons. The van der Waals surface area contributed by atoms with Crippen molar-refractivity contribution in [3.63, 3.8) is 0 Å². The van der Waals surface area contributed by atoms with Crippen molar-refractivity contribution in [3.05, 3.63) is 29.3 Å². The Morgan fingerprint density at radius 2 is 2.11 bits per heavy atom. The summed E-state index contributed by atoms with van der Waals surface area (Å²) in [6.45, 7) is 7.88. The Morgan fingerprint density at radius 1 is 1.32 bits per heavy atom. The van der Waals surface area contributed by atoms with E-state index in [1.165, 1.54) is 36.2 Å². The van der Waals surface area contributed by atoms with Gasteiger partial charge in [-0.3, -0.25) is 0 Å². The summed E-state index contributed by atoms with van der Waals surface area (Å²) < 4.78 is 0. The van der Waals surface area contributed by atoms with Gasteiger partial charge in [-0.2, -0.15) is 0 Å². The lowest BCUT2D eigenvalue weighted by Crippen LogP contribution is -2.40. The summed E-state index contributed by atoms with van der Waals surface area (Å²) in [6.07, 6.45) is 2.41. The molecule has 1 aromatic rings. The van der Waals surface area contributed by atoms with Gasteiger partial charge in [0.1, 0.15) is 0 Å². The van der Waals surface area contributed by atoms with Crippen LogP contribution < -0.4 is 4.90 Å². The minimum atomic E-state index is 0.595. The van der Waals surface area contributed by atoms with Gasteiger partial charge in [0, 0.05) is 30.7 Å². The van der Waals surface area contributed by atoms with Gasteiger partial charge < -0.3 is 9.80 Å². The zero-order chi connectivity index (χ0) is 13.8. The zero-order valence-electron chi connectivity index (χ0n) is 12.3. The summed E-state index contributed by atoms with van der Waals surface area (Å²) >= 11 is 6.15. The molecule has 3 heteroatoms. The van der Waals surface area contributed by atoms with E-state index in [1.54, 1.807) is 0 Å². The number of hydrogen-bond donors (Lipinski definition) is 0. The van der Waals surface area contributed by atoms with E-state index in [4.69, 9.17) is 11.6 Å². The minimum absolute atomic E-state index is 0.595. The van der Waals surface area contributed by atoms with Crippen LogP contribution in [-0.2, 0) is 5.88 Å². The highest BCUT2D eigenvalue weighted by atomic mass is 35.5. The number of anilines is 1. The number of halogens is 1. The molecule has 0 bridgehead atoms. The van der Waals surface area contributed by atoms with Crippen LogP contribution in [0.25, 0.3) is 0 Å². The zero-order valence-corrected chi connectivity index (χ0v) is 13.1. The third kappa shape index (κ3) is 3.43. The van der Waals surface area contributed by atoms with Crippen LogP contribution in [0.4, 0.5) is 5.69 Å². The van der Waals surface area contributed by atoms with Crippen LogP contribution in [0, 0.1) is 6.92 Å². The third-order valence-corrected chi connectivity index (χ3v) is 4.35. The monoisotopic (exact) mass is 280 g/mol. The first-order valence-electron chi connectivity index (χ1n) is 7.26. The average Bonchev–Trinajstić information content (AvgIpc) is 2.60. The maximum Gasteiger partial charge on any atom is 0.0494 e. The van der Waals surface area contributed by atoms with Crippen molar-refractivity contribution in [3.8, 4) is 0 Å². The van der Waals surface area contributed by atoms with E-state index < -0.39 is 0 Å². The number of benzene rings is 1. The van der Waals surface area contributed by atoms with E-state index in [0.29, 0.717) is 11.9 Å². The van der Waals surface area contributed by atoms with E-state index in [-0.39, 0.29) is 0 Å². The standard InChI is InChI=1S/C16H25ClN2/c1-4-15-12-18(3)8-5-9-19(15)16-7-6-13(2)10-14(16)11-17/h6-7,10,15H,4-5,8-9,11-12H2,1-3H3. The molecule has 1 saturated heterocycles. The Balaban J connectivity index is 2.32. The molecule has 1 atom stereocenters. The Kier molecular flexibility index (Phi) is 5.12. The summed E-state index contributed by atoms with van der Waals surface area (Å²) in [5, 5.41) is 0. The molecule has 1 heterocycles. The summed E-state index contributed by atoms with van der Waals surface area (Å²) in [4.78, 5) is 5.02. The second-order valence-corrected chi connectivity index (χ2v) is 5.90. The second kappa shape index (κ2) is 6.62. The molecule has 0 spiro atoms. The SMILES string of the molecule is CCC1CN(C)CCCN1c1ccc(C)cc1CCl. The number of hydrogen-bond acceptors (Lipinski definition) is 2. The van der Waals surface area contributed by atoms with Crippen LogP contribution in [-0.4, -0.2) is 37.6 Å². The van der Waals surface area contributed by atoms with Gasteiger partial charge in [-0.1, -0.05) is 24.6 Å². The van der Waals surface area contributed by atoms with Gasteiger partial charge in [0.2, 0.25) is 0 Å². The van der Waals surface area contributed by atoms with Crippen molar-refractivity contribution >= 4 is 17.3 Å². The van der Waals surface area contributed by atoms with Gasteiger partial charge in [0.25, 0.3) is 0 Å². The number of aryl methyl sites for hydroxylation is 1. The lowest BCUT2D eigenvalue weighted by molar-refractivity contribution is 0.328. The Morgan fingerprint density at radius 3 is 2.79 bits per heavy atom. The summed E-state index contributed by atoms with van der Waals surface area (Å²) in [6, 6.07) is 7.27. The van der Waals surface area contributed by atoms with E-state index in [9.17, 15) is 0 Å². The first-order chi connectivity index (χ1) is 9.15. The lowest BCUT2D eigenvalue weighted by atomic mass is 10.1. The fourth-order valence-electron chi connectivity index (χ4n) is 3.01. The van der Waals surface area contributed by atoms with Crippen LogP contribution in [0.3, 0.4) is 0 Å². The molecule has 0 aromatic heterocycles. The number of nitrogens with zero attached hydrogens (tertiary/aromatic N) is 2. The molecule has 1 aliphatic rings. The average molecular weight is 281 g/mol. The van der Waals surface area contributed by atoms with Gasteiger partial charge in [-0.05, 0) is 45.0 Å². The van der Waals surface area contributed by atoms with Crippen molar-refractivity contribution < 1.29 is 0 Å². The number of rotatable bonds is 3. The smallest absolute Gasteiger partial charge is 0.0494 e. The van der Waals surface area contributed by atoms with Gasteiger partial charge in [0.15, 0.2) is 0 Å². The molecule has 0 aliphatic carbocycles. The summed E-state index contributed by atoms with van der Waals surface area (Å²) in [7, 11) is 2.23. The van der Waals surface area contributed by atoms with E-state index in [1.807, 2.05) is 0 Å². The van der Waals surface area contributed by atoms with E-state index in [2.05, 4.69) is 48.9 Å². The number of likely N-dealkylation sites (N-methyl/N-ethyl adjacent to an activating group) is 1. The summed E-state index contributed by atoms with van der Waals surface area (Å²) in [5.74, 6) is 0.597. The Bertz CT molecular complexity index is 419. The Labute approximate surface area is 122 Å². The first-order valence-corrected chi connectivity index (χ1v) is 7.79. The molecular formula is C16H25ClN2. The predicted molar refractivity (Wildman–Crippen MR) is 84.3 cm³/mol. The van der Waals surface area contributed by atoms with Crippen molar-refractivity contribution in [2.24, 2.45) is 0 Å². The first kappa shape index (κ1) is 14.7. The molecule has 1 unspecified atom stereocenters. The van der Waals surface area contributed by atoms with Gasteiger partial charge in [0.05, 0.1) is 0 Å². The van der Waals surface area contributed by atoms with Crippen LogP contribution in [0.5, 0.6) is 0 Å². The highest BCUT2D eigenvalue weighted by Gasteiger charge is 2.23. The topological polar surface area (TPSA) is 6.48 Å². The van der Waals surface area contributed by atoms with E-state index in [0.717, 1.165) is 13.1 Å². The lowest BCUT2D eigenvalue weighted by Gasteiger charge is -2.33. The van der Waals surface area contributed by atoms with Crippen molar-refractivity contribution in [2.75, 3.05) is 31.6 Å². The summed E-state index contributed by atoms with van der Waals surface area (Å²) in [5.41, 5.74) is 3.90. The highest BCUT2D eigenvalue weighted by molar-refractivity contribution is 6.17. The second-order valence-electron chi connectivity index (χ2n) is 5.64. The number of alkyl halides is 1. The van der Waals surface area contributed by atoms with Gasteiger partial charge in [-0.15, -0.1) is 11.6 Å². The Hall–Kier alpha value is -0.730. The van der Waals surface area contributed by atoms with Crippen LogP contribution in [0.15, 0.2) is 18.2 Å². The fourth-order valence-corrected chi connectivity index (χ4v) is 3.23. The molecule has 19 heavy (non-hydrogen) atoms. The van der Waals surface area contributed by atoms with E-state index >= 15 is 0 Å². The molecule has 2 nitrogen and oxygen atoms in total. The van der Waals surface area contributed by atoms with Crippen molar-refractivity contribution in [1.29, 1.82) is 0 Å². The molecule has 106 valence electrons. The third-order valence-electron chi connectivity index (χ3n) is 4.06. The highest BCUT2D eigenvalue weighted by Crippen LogP contribution is 2.28. The van der Waals surface area contributed by atoms with Gasteiger partial charge in [-0.25, -0.2) is 0 Å². The van der Waals surface area contributed by atoms with Crippen molar-refractivity contribution in [2.45, 2.75) is 38.6 Å².